The van der Waals surface area contributed by atoms with Crippen LogP contribution in [0.2, 0.25) is 0 Å². The molecule has 1 fully saturated rings. The summed E-state index contributed by atoms with van der Waals surface area (Å²) in [4.78, 5) is 2.37. The molecule has 1 aromatic carbocycles. The molecule has 0 radical (unpaired) electrons. The third-order valence-electron chi connectivity index (χ3n) is 3.73. The van der Waals surface area contributed by atoms with Crippen LogP contribution in [0.4, 0.5) is 4.39 Å². The zero-order valence-electron chi connectivity index (χ0n) is 11.9. The summed E-state index contributed by atoms with van der Waals surface area (Å²) in [5.41, 5.74) is 1.90. The number of nitrogens with one attached hydrogen (secondary N) is 1. The minimum Gasteiger partial charge on any atom is -0.374 e. The molecular formula is C15H23FN2O. The quantitative estimate of drug-likeness (QED) is 0.903. The van der Waals surface area contributed by atoms with Gasteiger partial charge in [-0.05, 0) is 43.8 Å². The molecule has 2 atom stereocenters. The highest BCUT2D eigenvalue weighted by Gasteiger charge is 2.28. The predicted molar refractivity (Wildman–Crippen MR) is 74.8 cm³/mol. The number of morpholine rings is 1. The SMILES string of the molecule is CCN1CCOC(C(NC)c2cc(C)cc(F)c2)C1. The fourth-order valence-corrected chi connectivity index (χ4v) is 2.73. The highest BCUT2D eigenvalue weighted by molar-refractivity contribution is 5.27. The maximum Gasteiger partial charge on any atom is 0.123 e. The van der Waals surface area contributed by atoms with Gasteiger partial charge in [0.15, 0.2) is 0 Å². The van der Waals surface area contributed by atoms with E-state index in [1.165, 1.54) is 0 Å². The van der Waals surface area contributed by atoms with E-state index in [1.807, 2.05) is 20.0 Å². The van der Waals surface area contributed by atoms with E-state index in [1.54, 1.807) is 12.1 Å². The van der Waals surface area contributed by atoms with Gasteiger partial charge in [-0.25, -0.2) is 4.39 Å². The number of ether oxygens (including phenoxy) is 1. The number of hydrogen-bond acceptors (Lipinski definition) is 3. The minimum atomic E-state index is -0.182. The second-order valence-corrected chi connectivity index (χ2v) is 5.13. The Hall–Kier alpha value is -0.970. The Labute approximate surface area is 114 Å². The number of aryl methyl sites for hydroxylation is 1. The van der Waals surface area contributed by atoms with Crippen molar-refractivity contribution < 1.29 is 9.13 Å². The molecule has 0 saturated carbocycles. The number of benzene rings is 1. The van der Waals surface area contributed by atoms with E-state index in [0.717, 1.165) is 37.4 Å². The van der Waals surface area contributed by atoms with Crippen molar-refractivity contribution in [3.8, 4) is 0 Å². The second kappa shape index (κ2) is 6.46. The summed E-state index contributed by atoms with van der Waals surface area (Å²) in [6, 6.07) is 5.21. The molecule has 2 rings (SSSR count). The van der Waals surface area contributed by atoms with Gasteiger partial charge in [-0.1, -0.05) is 13.0 Å². The molecule has 0 spiro atoms. The lowest BCUT2D eigenvalue weighted by Gasteiger charge is -2.36. The first-order valence-electron chi connectivity index (χ1n) is 6.92. The Bertz CT molecular complexity index is 404. The van der Waals surface area contributed by atoms with E-state index in [2.05, 4.69) is 17.1 Å². The van der Waals surface area contributed by atoms with E-state index in [0.29, 0.717) is 0 Å². The zero-order valence-corrected chi connectivity index (χ0v) is 11.9. The number of rotatable bonds is 4. The summed E-state index contributed by atoms with van der Waals surface area (Å²) in [5.74, 6) is -0.182. The predicted octanol–water partition coefficient (Wildman–Crippen LogP) is 2.12. The molecule has 19 heavy (non-hydrogen) atoms. The van der Waals surface area contributed by atoms with E-state index < -0.39 is 0 Å². The Morgan fingerprint density at radius 2 is 2.26 bits per heavy atom. The zero-order chi connectivity index (χ0) is 13.8. The van der Waals surface area contributed by atoms with Crippen LogP contribution in [0.25, 0.3) is 0 Å². The van der Waals surface area contributed by atoms with Gasteiger partial charge < -0.3 is 10.1 Å². The van der Waals surface area contributed by atoms with Crippen molar-refractivity contribution >= 4 is 0 Å². The van der Waals surface area contributed by atoms with Crippen LogP contribution in [0.15, 0.2) is 18.2 Å². The van der Waals surface area contributed by atoms with Crippen LogP contribution in [-0.2, 0) is 4.74 Å². The third kappa shape index (κ3) is 3.53. The Morgan fingerprint density at radius 1 is 1.47 bits per heavy atom. The summed E-state index contributed by atoms with van der Waals surface area (Å²) < 4.78 is 19.4. The van der Waals surface area contributed by atoms with Gasteiger partial charge in [-0.3, -0.25) is 4.90 Å². The molecule has 0 aliphatic carbocycles. The van der Waals surface area contributed by atoms with E-state index >= 15 is 0 Å². The molecule has 3 nitrogen and oxygen atoms in total. The number of halogens is 1. The number of likely N-dealkylation sites (N-methyl/N-ethyl adjacent to an activating group) is 2. The van der Waals surface area contributed by atoms with E-state index in [-0.39, 0.29) is 18.0 Å². The molecule has 0 amide bonds. The standard InChI is InChI=1S/C15H23FN2O/c1-4-18-5-6-19-14(10-18)15(17-3)12-7-11(2)8-13(16)9-12/h7-9,14-15,17H,4-6,10H2,1-3H3. The van der Waals surface area contributed by atoms with E-state index in [4.69, 9.17) is 4.74 Å². The summed E-state index contributed by atoms with van der Waals surface area (Å²) >= 11 is 0. The first-order chi connectivity index (χ1) is 9.13. The molecule has 1 N–H and O–H groups in total. The van der Waals surface area contributed by atoms with Gasteiger partial charge in [0, 0.05) is 13.1 Å². The maximum absolute atomic E-state index is 13.6. The van der Waals surface area contributed by atoms with Gasteiger partial charge in [0.1, 0.15) is 5.82 Å². The molecule has 106 valence electrons. The minimum absolute atomic E-state index is 0.0312. The summed E-state index contributed by atoms with van der Waals surface area (Å²) in [7, 11) is 1.90. The van der Waals surface area contributed by atoms with Crippen LogP contribution in [0.1, 0.15) is 24.1 Å². The molecule has 1 aliphatic heterocycles. The summed E-state index contributed by atoms with van der Waals surface area (Å²) in [6.07, 6.45) is 0.0694. The summed E-state index contributed by atoms with van der Waals surface area (Å²) in [6.45, 7) is 7.70. The van der Waals surface area contributed by atoms with Gasteiger partial charge in [0.2, 0.25) is 0 Å². The molecule has 2 unspecified atom stereocenters. The summed E-state index contributed by atoms with van der Waals surface area (Å²) in [5, 5.41) is 3.27. The average molecular weight is 266 g/mol. The van der Waals surface area contributed by atoms with Crippen molar-refractivity contribution in [3.63, 3.8) is 0 Å². The largest absolute Gasteiger partial charge is 0.374 e. The van der Waals surface area contributed by atoms with Crippen molar-refractivity contribution in [1.29, 1.82) is 0 Å². The molecule has 1 aliphatic rings. The van der Waals surface area contributed by atoms with Gasteiger partial charge >= 0.3 is 0 Å². The van der Waals surface area contributed by atoms with Crippen LogP contribution < -0.4 is 5.32 Å². The van der Waals surface area contributed by atoms with Gasteiger partial charge in [0.25, 0.3) is 0 Å². The van der Waals surface area contributed by atoms with Crippen molar-refractivity contribution in [1.82, 2.24) is 10.2 Å². The molecule has 4 heteroatoms. The topological polar surface area (TPSA) is 24.5 Å². The Morgan fingerprint density at radius 3 is 2.89 bits per heavy atom. The smallest absolute Gasteiger partial charge is 0.123 e. The van der Waals surface area contributed by atoms with E-state index in [9.17, 15) is 4.39 Å². The van der Waals surface area contributed by atoms with Crippen LogP contribution >= 0.6 is 0 Å². The molecule has 0 aromatic heterocycles. The van der Waals surface area contributed by atoms with Gasteiger partial charge in [-0.15, -0.1) is 0 Å². The molecular weight excluding hydrogens is 243 g/mol. The van der Waals surface area contributed by atoms with Crippen molar-refractivity contribution in [2.45, 2.75) is 26.0 Å². The Balaban J connectivity index is 2.18. The molecule has 1 aromatic rings. The number of nitrogens with zero attached hydrogens (tertiary/aromatic N) is 1. The van der Waals surface area contributed by atoms with Crippen LogP contribution in [0.5, 0.6) is 0 Å². The molecule has 1 heterocycles. The van der Waals surface area contributed by atoms with Crippen LogP contribution in [0, 0.1) is 12.7 Å². The first kappa shape index (κ1) is 14.4. The maximum atomic E-state index is 13.6. The fraction of sp³-hybridized carbons (Fsp3) is 0.600. The average Bonchev–Trinajstić information content (AvgIpc) is 2.39. The van der Waals surface area contributed by atoms with Crippen molar-refractivity contribution in [3.05, 3.63) is 35.1 Å². The third-order valence-corrected chi connectivity index (χ3v) is 3.73. The highest BCUT2D eigenvalue weighted by Crippen LogP contribution is 2.24. The van der Waals surface area contributed by atoms with Crippen molar-refractivity contribution in [2.24, 2.45) is 0 Å². The lowest BCUT2D eigenvalue weighted by molar-refractivity contribution is -0.0444. The first-order valence-corrected chi connectivity index (χ1v) is 6.92. The van der Waals surface area contributed by atoms with Crippen LogP contribution in [-0.4, -0.2) is 44.3 Å². The monoisotopic (exact) mass is 266 g/mol. The lowest BCUT2D eigenvalue weighted by Crippen LogP contribution is -2.47. The Kier molecular flexibility index (Phi) is 4.91. The van der Waals surface area contributed by atoms with Crippen molar-refractivity contribution in [2.75, 3.05) is 33.3 Å². The second-order valence-electron chi connectivity index (χ2n) is 5.13. The van der Waals surface area contributed by atoms with Gasteiger partial charge in [0.05, 0.1) is 18.8 Å². The molecule has 1 saturated heterocycles. The van der Waals surface area contributed by atoms with Gasteiger partial charge in [-0.2, -0.15) is 0 Å². The lowest BCUT2D eigenvalue weighted by atomic mass is 9.98. The highest BCUT2D eigenvalue weighted by atomic mass is 19.1. The normalized spacial score (nSPS) is 22.4. The molecule has 0 bridgehead atoms. The fourth-order valence-electron chi connectivity index (χ4n) is 2.73. The van der Waals surface area contributed by atoms with Crippen LogP contribution in [0.3, 0.4) is 0 Å². The number of hydrogen-bond donors (Lipinski definition) is 1.